The molecule has 2 rings (SSSR count). The van der Waals surface area contributed by atoms with Gasteiger partial charge in [-0.3, -0.25) is 4.90 Å². The van der Waals surface area contributed by atoms with Crippen molar-refractivity contribution in [1.82, 2.24) is 25.5 Å². The molecule has 2 heterocycles. The molecular weight excluding hydrogens is 238 g/mol. The van der Waals surface area contributed by atoms with Gasteiger partial charge in [0.05, 0.1) is 13.2 Å². The molecule has 1 aliphatic heterocycles. The van der Waals surface area contributed by atoms with E-state index in [9.17, 15) is 4.79 Å². The second-order valence-corrected chi connectivity index (χ2v) is 5.05. The van der Waals surface area contributed by atoms with Gasteiger partial charge in [0.25, 0.3) is 0 Å². The number of ether oxygens (including phenoxy) is 2. The van der Waals surface area contributed by atoms with Gasteiger partial charge in [-0.25, -0.2) is 9.89 Å². The fourth-order valence-corrected chi connectivity index (χ4v) is 1.68. The predicted molar refractivity (Wildman–Crippen MR) is 60.7 cm³/mol. The molecular formula is C10H17N5O3. The molecule has 1 atom stereocenters. The van der Waals surface area contributed by atoms with Crippen LogP contribution in [0.5, 0.6) is 0 Å². The molecule has 100 valence electrons. The number of nitrogens with one attached hydrogen (secondary N) is 1. The van der Waals surface area contributed by atoms with Crippen LogP contribution in [0.2, 0.25) is 0 Å². The number of aromatic amines is 1. The Bertz CT molecular complexity index is 400. The molecule has 8 heteroatoms. The number of morpholine rings is 1. The number of aromatic nitrogens is 4. The minimum Gasteiger partial charge on any atom is -0.444 e. The average Bonchev–Trinajstić information content (AvgIpc) is 2.80. The Morgan fingerprint density at radius 2 is 2.33 bits per heavy atom. The molecule has 1 aromatic rings. The fraction of sp³-hybridized carbons (Fsp3) is 0.800. The fourth-order valence-electron chi connectivity index (χ4n) is 1.68. The van der Waals surface area contributed by atoms with Crippen molar-refractivity contribution in [3.05, 3.63) is 5.82 Å². The predicted octanol–water partition coefficient (Wildman–Crippen LogP) is 0.508. The van der Waals surface area contributed by atoms with Gasteiger partial charge in [-0.15, -0.1) is 5.10 Å². The Balaban J connectivity index is 2.11. The van der Waals surface area contributed by atoms with E-state index in [-0.39, 0.29) is 12.1 Å². The van der Waals surface area contributed by atoms with Crippen molar-refractivity contribution in [3.63, 3.8) is 0 Å². The lowest BCUT2D eigenvalue weighted by atomic mass is 10.2. The summed E-state index contributed by atoms with van der Waals surface area (Å²) in [4.78, 5) is 13.7. The zero-order valence-corrected chi connectivity index (χ0v) is 10.7. The van der Waals surface area contributed by atoms with E-state index in [1.807, 2.05) is 20.8 Å². The SMILES string of the molecule is CC(C)(C)OC(=O)N1CCOCC1c1nnn[nH]1. The van der Waals surface area contributed by atoms with Crippen LogP contribution in [0, 0.1) is 0 Å². The van der Waals surface area contributed by atoms with E-state index in [1.54, 1.807) is 4.90 Å². The Morgan fingerprint density at radius 3 is 2.94 bits per heavy atom. The Hall–Kier alpha value is -1.70. The van der Waals surface area contributed by atoms with Gasteiger partial charge < -0.3 is 9.47 Å². The molecule has 1 unspecified atom stereocenters. The average molecular weight is 255 g/mol. The Morgan fingerprint density at radius 1 is 1.56 bits per heavy atom. The smallest absolute Gasteiger partial charge is 0.411 e. The van der Waals surface area contributed by atoms with Crippen molar-refractivity contribution < 1.29 is 14.3 Å². The first-order chi connectivity index (χ1) is 8.47. The van der Waals surface area contributed by atoms with E-state index in [2.05, 4.69) is 20.6 Å². The number of carbonyl (C=O) groups is 1. The summed E-state index contributed by atoms with van der Waals surface area (Å²) >= 11 is 0. The number of amides is 1. The highest BCUT2D eigenvalue weighted by molar-refractivity contribution is 5.68. The van der Waals surface area contributed by atoms with Gasteiger partial charge in [0.2, 0.25) is 0 Å². The van der Waals surface area contributed by atoms with E-state index in [1.165, 1.54) is 0 Å². The van der Waals surface area contributed by atoms with Gasteiger partial charge >= 0.3 is 6.09 Å². The first-order valence-electron chi connectivity index (χ1n) is 5.78. The van der Waals surface area contributed by atoms with Crippen LogP contribution in [0.3, 0.4) is 0 Å². The summed E-state index contributed by atoms with van der Waals surface area (Å²) in [5.41, 5.74) is -0.528. The molecule has 1 fully saturated rings. The van der Waals surface area contributed by atoms with Crippen molar-refractivity contribution in [2.24, 2.45) is 0 Å². The van der Waals surface area contributed by atoms with Gasteiger partial charge in [0, 0.05) is 6.54 Å². The van der Waals surface area contributed by atoms with E-state index in [0.29, 0.717) is 25.6 Å². The van der Waals surface area contributed by atoms with Gasteiger partial charge in [-0.1, -0.05) is 0 Å². The number of carbonyl (C=O) groups excluding carboxylic acids is 1. The number of hydrogen-bond donors (Lipinski definition) is 1. The molecule has 0 aromatic carbocycles. The molecule has 1 aliphatic rings. The number of rotatable bonds is 1. The molecule has 0 bridgehead atoms. The van der Waals surface area contributed by atoms with Crippen molar-refractivity contribution in [3.8, 4) is 0 Å². The molecule has 1 amide bonds. The zero-order chi connectivity index (χ0) is 13.2. The van der Waals surface area contributed by atoms with Crippen LogP contribution < -0.4 is 0 Å². The normalized spacial score (nSPS) is 20.8. The summed E-state index contributed by atoms with van der Waals surface area (Å²) in [5.74, 6) is 0.501. The first-order valence-corrected chi connectivity index (χ1v) is 5.78. The van der Waals surface area contributed by atoms with Crippen LogP contribution in [-0.4, -0.2) is 57.0 Å². The maximum Gasteiger partial charge on any atom is 0.411 e. The van der Waals surface area contributed by atoms with Crippen LogP contribution in [0.15, 0.2) is 0 Å². The van der Waals surface area contributed by atoms with E-state index < -0.39 is 5.60 Å². The number of H-pyrrole nitrogens is 1. The third-order valence-corrected chi connectivity index (χ3v) is 2.43. The van der Waals surface area contributed by atoms with Crippen LogP contribution in [0.25, 0.3) is 0 Å². The van der Waals surface area contributed by atoms with Crippen LogP contribution in [-0.2, 0) is 9.47 Å². The van der Waals surface area contributed by atoms with Crippen molar-refractivity contribution in [1.29, 1.82) is 0 Å². The summed E-state index contributed by atoms with van der Waals surface area (Å²) in [5, 5.41) is 13.5. The lowest BCUT2D eigenvalue weighted by molar-refractivity contribution is -0.0350. The van der Waals surface area contributed by atoms with Crippen molar-refractivity contribution >= 4 is 6.09 Å². The van der Waals surface area contributed by atoms with E-state index >= 15 is 0 Å². The number of tetrazole rings is 1. The first kappa shape index (κ1) is 12.7. The van der Waals surface area contributed by atoms with Crippen molar-refractivity contribution in [2.75, 3.05) is 19.8 Å². The molecule has 1 N–H and O–H groups in total. The molecule has 0 radical (unpaired) electrons. The summed E-state index contributed by atoms with van der Waals surface area (Å²) in [6.07, 6.45) is -0.382. The van der Waals surface area contributed by atoms with E-state index in [0.717, 1.165) is 0 Å². The molecule has 1 aromatic heterocycles. The third-order valence-electron chi connectivity index (χ3n) is 2.43. The highest BCUT2D eigenvalue weighted by Gasteiger charge is 2.33. The van der Waals surface area contributed by atoms with Crippen LogP contribution in [0.1, 0.15) is 32.6 Å². The van der Waals surface area contributed by atoms with E-state index in [4.69, 9.17) is 9.47 Å². The number of nitrogens with zero attached hydrogens (tertiary/aromatic N) is 4. The molecule has 0 aliphatic carbocycles. The highest BCUT2D eigenvalue weighted by Crippen LogP contribution is 2.23. The summed E-state index contributed by atoms with van der Waals surface area (Å²) < 4.78 is 10.7. The molecule has 1 saturated heterocycles. The quantitative estimate of drug-likeness (QED) is 0.785. The minimum absolute atomic E-state index is 0.330. The lowest BCUT2D eigenvalue weighted by Crippen LogP contribution is -2.46. The Labute approximate surface area is 105 Å². The van der Waals surface area contributed by atoms with Gasteiger partial charge in [0.15, 0.2) is 5.82 Å². The maximum atomic E-state index is 12.1. The topological polar surface area (TPSA) is 93.2 Å². The molecule has 0 spiro atoms. The molecule has 18 heavy (non-hydrogen) atoms. The highest BCUT2D eigenvalue weighted by atomic mass is 16.6. The van der Waals surface area contributed by atoms with Crippen LogP contribution >= 0.6 is 0 Å². The monoisotopic (exact) mass is 255 g/mol. The molecule has 0 saturated carbocycles. The Kier molecular flexibility index (Phi) is 3.46. The summed E-state index contributed by atoms with van der Waals surface area (Å²) in [6, 6.07) is -0.330. The maximum absolute atomic E-state index is 12.1. The molecule has 8 nitrogen and oxygen atoms in total. The largest absolute Gasteiger partial charge is 0.444 e. The van der Waals surface area contributed by atoms with Gasteiger partial charge in [0.1, 0.15) is 11.6 Å². The lowest BCUT2D eigenvalue weighted by Gasteiger charge is -2.35. The standard InChI is InChI=1S/C10H17N5O3/c1-10(2,3)18-9(16)15-4-5-17-6-7(15)8-11-13-14-12-8/h7H,4-6H2,1-3H3,(H,11,12,13,14). The van der Waals surface area contributed by atoms with Crippen LogP contribution in [0.4, 0.5) is 4.79 Å². The van der Waals surface area contributed by atoms with Crippen molar-refractivity contribution in [2.45, 2.75) is 32.4 Å². The number of hydrogen-bond acceptors (Lipinski definition) is 6. The zero-order valence-electron chi connectivity index (χ0n) is 10.7. The summed E-state index contributed by atoms with van der Waals surface area (Å²) in [6.45, 7) is 6.79. The summed E-state index contributed by atoms with van der Waals surface area (Å²) in [7, 11) is 0. The van der Waals surface area contributed by atoms with Gasteiger partial charge in [-0.2, -0.15) is 0 Å². The third kappa shape index (κ3) is 2.95. The second-order valence-electron chi connectivity index (χ2n) is 5.05. The van der Waals surface area contributed by atoms with Gasteiger partial charge in [-0.05, 0) is 31.2 Å². The second kappa shape index (κ2) is 4.89. The minimum atomic E-state index is -0.528.